The molecule has 1 fully saturated rings. The largest absolute Gasteiger partial charge is 0.462 e. The van der Waals surface area contributed by atoms with Crippen LogP contribution >= 0.6 is 11.3 Å². The van der Waals surface area contributed by atoms with Crippen molar-refractivity contribution in [2.45, 2.75) is 45.5 Å². The van der Waals surface area contributed by atoms with Crippen LogP contribution in [0.1, 0.15) is 50.7 Å². The van der Waals surface area contributed by atoms with Crippen molar-refractivity contribution < 1.29 is 32.2 Å². The number of amides is 1. The third kappa shape index (κ3) is 5.04. The molecule has 0 spiro atoms. The molecule has 0 bridgehead atoms. The molecule has 1 amide bonds. The van der Waals surface area contributed by atoms with Crippen molar-refractivity contribution in [2.75, 3.05) is 31.7 Å². The Balaban J connectivity index is 1.68. The number of aryl methyl sites for hydroxylation is 2. The number of rotatable bonds is 6. The van der Waals surface area contributed by atoms with E-state index in [0.717, 1.165) is 0 Å². The zero-order chi connectivity index (χ0) is 23.6. The first kappa shape index (κ1) is 24.0. The minimum Gasteiger partial charge on any atom is -0.462 e. The number of alkyl halides is 3. The topological polar surface area (TPSA) is 109 Å². The number of hydrogen-bond donors (Lipinski definition) is 2. The van der Waals surface area contributed by atoms with Crippen LogP contribution in [0, 0.1) is 13.8 Å². The second-order valence-electron chi connectivity index (χ2n) is 7.28. The number of thiazole rings is 1. The minimum absolute atomic E-state index is 0.225. The number of piperidine rings is 1. The Labute approximate surface area is 186 Å². The Morgan fingerprint density at radius 1 is 1.31 bits per heavy atom. The summed E-state index contributed by atoms with van der Waals surface area (Å²) in [7, 11) is 1.49. The second kappa shape index (κ2) is 9.45. The fourth-order valence-corrected chi connectivity index (χ4v) is 4.47. The molecule has 1 aliphatic rings. The van der Waals surface area contributed by atoms with Crippen LogP contribution in [-0.4, -0.2) is 65.8 Å². The number of nitrogens with zero attached hydrogens (tertiary/aromatic N) is 3. The van der Waals surface area contributed by atoms with E-state index in [1.807, 2.05) is 4.90 Å². The molecule has 3 heterocycles. The van der Waals surface area contributed by atoms with Gasteiger partial charge in [0.1, 0.15) is 4.88 Å². The van der Waals surface area contributed by atoms with E-state index in [-0.39, 0.29) is 12.3 Å². The highest BCUT2D eigenvalue weighted by molar-refractivity contribution is 7.17. The lowest BCUT2D eigenvalue weighted by molar-refractivity contribution is -0.141. The molecule has 0 aromatic carbocycles. The summed E-state index contributed by atoms with van der Waals surface area (Å²) in [5.74, 6) is -1.56. The van der Waals surface area contributed by atoms with Crippen LogP contribution in [-0.2, 0) is 15.7 Å². The zero-order valence-electron chi connectivity index (χ0n) is 18.0. The number of carbonyl (C=O) groups is 2. The maximum Gasteiger partial charge on any atom is 0.435 e. The molecule has 0 radical (unpaired) electrons. The molecule has 32 heavy (non-hydrogen) atoms. The molecule has 0 saturated carbocycles. The van der Waals surface area contributed by atoms with E-state index in [1.165, 1.54) is 25.4 Å². The van der Waals surface area contributed by atoms with E-state index in [4.69, 9.17) is 9.47 Å². The fourth-order valence-electron chi connectivity index (χ4n) is 3.48. The quantitative estimate of drug-likeness (QED) is 0.619. The average Bonchev–Trinajstić information content (AvgIpc) is 3.31. The number of carbonyl (C=O) groups excluding carboxylic acids is 2. The van der Waals surface area contributed by atoms with Gasteiger partial charge in [0.2, 0.25) is 0 Å². The normalized spacial score (nSPS) is 19.2. The summed E-state index contributed by atoms with van der Waals surface area (Å²) < 4.78 is 49.4. The SMILES string of the molecule is CCOC(=O)c1sc(N2CC[C@H](NC(=O)c3nc(C(F)(F)F)c(C)[nH]3)[C@H](OC)C2)nc1C. The minimum atomic E-state index is -4.65. The maximum atomic E-state index is 13.0. The standard InChI is InChI=1S/C19H24F3N5O4S/c1-5-31-17(29)13-9(2)24-18(32-13)27-7-6-11(12(8-27)30-4)25-16(28)15-23-10(3)14(26-15)19(20,21)22/h11-12H,5-8H2,1-4H3,(H,23,26)(H,25,28)/t11-,12+/m0/s1. The van der Waals surface area contributed by atoms with E-state index >= 15 is 0 Å². The Kier molecular flexibility index (Phi) is 7.08. The number of H-pyrrole nitrogens is 1. The molecule has 9 nitrogen and oxygen atoms in total. The average molecular weight is 475 g/mol. The van der Waals surface area contributed by atoms with Gasteiger partial charge in [0.25, 0.3) is 5.91 Å². The molecule has 1 saturated heterocycles. The summed E-state index contributed by atoms with van der Waals surface area (Å²) in [6, 6.07) is -0.436. The van der Waals surface area contributed by atoms with Gasteiger partial charge in [0, 0.05) is 25.9 Å². The van der Waals surface area contributed by atoms with Gasteiger partial charge in [-0.15, -0.1) is 0 Å². The molecular formula is C19H24F3N5O4S. The predicted molar refractivity (Wildman–Crippen MR) is 110 cm³/mol. The Morgan fingerprint density at radius 2 is 2.03 bits per heavy atom. The first-order valence-electron chi connectivity index (χ1n) is 9.92. The first-order valence-corrected chi connectivity index (χ1v) is 10.7. The van der Waals surface area contributed by atoms with Crippen LogP contribution in [0.25, 0.3) is 0 Å². The predicted octanol–water partition coefficient (Wildman–Crippen LogP) is 2.70. The number of aromatic amines is 1. The zero-order valence-corrected chi connectivity index (χ0v) is 18.8. The maximum absolute atomic E-state index is 13.0. The third-order valence-electron chi connectivity index (χ3n) is 5.06. The molecule has 2 N–H and O–H groups in total. The van der Waals surface area contributed by atoms with Crippen LogP contribution in [0.2, 0.25) is 0 Å². The van der Waals surface area contributed by atoms with E-state index < -0.39 is 41.7 Å². The summed E-state index contributed by atoms with van der Waals surface area (Å²) in [5.41, 5.74) is -0.767. The van der Waals surface area contributed by atoms with E-state index in [1.54, 1.807) is 13.8 Å². The van der Waals surface area contributed by atoms with E-state index in [0.29, 0.717) is 35.2 Å². The van der Waals surface area contributed by atoms with Crippen LogP contribution < -0.4 is 10.2 Å². The summed E-state index contributed by atoms with van der Waals surface area (Å²) in [6.45, 7) is 5.82. The third-order valence-corrected chi connectivity index (χ3v) is 6.26. The van der Waals surface area contributed by atoms with Crippen molar-refractivity contribution >= 4 is 28.3 Å². The van der Waals surface area contributed by atoms with Crippen molar-refractivity contribution in [3.8, 4) is 0 Å². The van der Waals surface area contributed by atoms with Gasteiger partial charge in [-0.1, -0.05) is 11.3 Å². The number of anilines is 1. The number of nitrogens with one attached hydrogen (secondary N) is 2. The number of imidazole rings is 1. The van der Waals surface area contributed by atoms with Crippen molar-refractivity contribution in [3.05, 3.63) is 27.8 Å². The number of halogens is 3. The lowest BCUT2D eigenvalue weighted by Gasteiger charge is -2.37. The summed E-state index contributed by atoms with van der Waals surface area (Å²) >= 11 is 1.22. The monoisotopic (exact) mass is 475 g/mol. The van der Waals surface area contributed by atoms with Crippen LogP contribution in [0.4, 0.5) is 18.3 Å². The molecule has 0 aliphatic carbocycles. The number of aromatic nitrogens is 3. The second-order valence-corrected chi connectivity index (χ2v) is 8.25. The summed E-state index contributed by atoms with van der Waals surface area (Å²) in [6.07, 6.45) is -4.63. The number of esters is 1. The van der Waals surface area contributed by atoms with Gasteiger partial charge in [-0.2, -0.15) is 13.2 Å². The lowest BCUT2D eigenvalue weighted by Crippen LogP contribution is -2.55. The van der Waals surface area contributed by atoms with Gasteiger partial charge in [-0.3, -0.25) is 4.79 Å². The van der Waals surface area contributed by atoms with Crippen LogP contribution in [0.15, 0.2) is 0 Å². The highest BCUT2D eigenvalue weighted by Gasteiger charge is 2.38. The van der Waals surface area contributed by atoms with Gasteiger partial charge in [0.05, 0.1) is 24.4 Å². The van der Waals surface area contributed by atoms with Gasteiger partial charge in [-0.05, 0) is 27.2 Å². The molecule has 1 aliphatic heterocycles. The van der Waals surface area contributed by atoms with Crippen molar-refractivity contribution in [2.24, 2.45) is 0 Å². The van der Waals surface area contributed by atoms with Crippen molar-refractivity contribution in [1.82, 2.24) is 20.3 Å². The smallest absolute Gasteiger partial charge is 0.435 e. The molecule has 2 aromatic heterocycles. The molecule has 2 atom stereocenters. The highest BCUT2D eigenvalue weighted by Crippen LogP contribution is 2.31. The fraction of sp³-hybridized carbons (Fsp3) is 0.579. The van der Waals surface area contributed by atoms with Crippen LogP contribution in [0.5, 0.6) is 0 Å². The number of hydrogen-bond acceptors (Lipinski definition) is 8. The van der Waals surface area contributed by atoms with Crippen LogP contribution in [0.3, 0.4) is 0 Å². The molecule has 176 valence electrons. The number of ether oxygens (including phenoxy) is 2. The van der Waals surface area contributed by atoms with E-state index in [2.05, 4.69) is 20.3 Å². The van der Waals surface area contributed by atoms with Gasteiger partial charge >= 0.3 is 12.1 Å². The van der Waals surface area contributed by atoms with Gasteiger partial charge < -0.3 is 24.7 Å². The highest BCUT2D eigenvalue weighted by atomic mass is 32.1. The molecule has 13 heteroatoms. The first-order chi connectivity index (χ1) is 15.0. The molecule has 0 unspecified atom stereocenters. The van der Waals surface area contributed by atoms with Gasteiger partial charge in [0.15, 0.2) is 16.6 Å². The molecule has 2 aromatic rings. The van der Waals surface area contributed by atoms with Crippen molar-refractivity contribution in [1.29, 1.82) is 0 Å². The Bertz CT molecular complexity index is 990. The molecule has 3 rings (SSSR count). The van der Waals surface area contributed by atoms with Crippen molar-refractivity contribution in [3.63, 3.8) is 0 Å². The molecular weight excluding hydrogens is 451 g/mol. The van der Waals surface area contributed by atoms with E-state index in [9.17, 15) is 22.8 Å². The van der Waals surface area contributed by atoms with Gasteiger partial charge in [-0.25, -0.2) is 14.8 Å². The summed E-state index contributed by atoms with van der Waals surface area (Å²) in [4.78, 5) is 37.2. The Morgan fingerprint density at radius 3 is 2.62 bits per heavy atom. The lowest BCUT2D eigenvalue weighted by atomic mass is 10.0. The Hall–Kier alpha value is -2.67. The summed E-state index contributed by atoms with van der Waals surface area (Å²) in [5, 5.41) is 3.34. The number of methoxy groups -OCH3 is 1.